The van der Waals surface area contributed by atoms with Crippen LogP contribution >= 0.6 is 0 Å². The minimum Gasteiger partial charge on any atom is -0.490 e. The normalized spacial score (nSPS) is 11.2. The monoisotopic (exact) mass is 390 g/mol. The lowest BCUT2D eigenvalue weighted by molar-refractivity contribution is -0.141. The number of hydrogen-bond acceptors (Lipinski definition) is 4. The molecule has 0 fully saturated rings. The molecule has 1 rings (SSSR count). The van der Waals surface area contributed by atoms with Gasteiger partial charge in [0.1, 0.15) is 0 Å². The van der Waals surface area contributed by atoms with Crippen LogP contribution in [0.25, 0.3) is 6.08 Å². The largest absolute Gasteiger partial charge is 0.490 e. The van der Waals surface area contributed by atoms with Gasteiger partial charge in [-0.15, -0.1) is 0 Å². The SMILES string of the molecule is CCCCCCOc1ccc(C=CC(=O)OC(C)C)cc1OCCCCCC. The van der Waals surface area contributed by atoms with E-state index in [1.165, 1.54) is 44.6 Å². The number of benzene rings is 1. The van der Waals surface area contributed by atoms with Crippen LogP contribution in [0.3, 0.4) is 0 Å². The van der Waals surface area contributed by atoms with Crippen LogP contribution in [0.4, 0.5) is 0 Å². The molecule has 4 nitrogen and oxygen atoms in total. The summed E-state index contributed by atoms with van der Waals surface area (Å²) >= 11 is 0. The molecular formula is C24H38O4. The average Bonchev–Trinajstić information content (AvgIpc) is 2.66. The van der Waals surface area contributed by atoms with Crippen LogP contribution in [-0.4, -0.2) is 25.3 Å². The molecule has 0 N–H and O–H groups in total. The second-order valence-corrected chi connectivity index (χ2v) is 7.34. The van der Waals surface area contributed by atoms with Gasteiger partial charge < -0.3 is 14.2 Å². The van der Waals surface area contributed by atoms with Gasteiger partial charge in [-0.1, -0.05) is 58.4 Å². The van der Waals surface area contributed by atoms with E-state index in [4.69, 9.17) is 14.2 Å². The van der Waals surface area contributed by atoms with E-state index in [0.717, 1.165) is 29.9 Å². The highest BCUT2D eigenvalue weighted by molar-refractivity contribution is 5.87. The Morgan fingerprint density at radius 2 is 1.50 bits per heavy atom. The maximum Gasteiger partial charge on any atom is 0.331 e. The summed E-state index contributed by atoms with van der Waals surface area (Å²) in [6.45, 7) is 9.45. The Kier molecular flexibility index (Phi) is 12.9. The quantitative estimate of drug-likeness (QED) is 0.193. The minimum absolute atomic E-state index is 0.123. The van der Waals surface area contributed by atoms with Crippen molar-refractivity contribution in [1.29, 1.82) is 0 Å². The van der Waals surface area contributed by atoms with E-state index < -0.39 is 0 Å². The van der Waals surface area contributed by atoms with Crippen LogP contribution in [0.2, 0.25) is 0 Å². The number of carbonyl (C=O) groups excluding carboxylic acids is 1. The number of ether oxygens (including phenoxy) is 3. The summed E-state index contributed by atoms with van der Waals surface area (Å²) in [4.78, 5) is 11.7. The molecule has 158 valence electrons. The van der Waals surface area contributed by atoms with Crippen LogP contribution in [-0.2, 0) is 9.53 Å². The molecule has 1 aromatic carbocycles. The van der Waals surface area contributed by atoms with Crippen molar-refractivity contribution in [2.24, 2.45) is 0 Å². The van der Waals surface area contributed by atoms with Gasteiger partial charge >= 0.3 is 5.97 Å². The zero-order valence-electron chi connectivity index (χ0n) is 18.2. The molecule has 0 aliphatic carbocycles. The van der Waals surface area contributed by atoms with Crippen LogP contribution in [0, 0.1) is 0 Å². The summed E-state index contributed by atoms with van der Waals surface area (Å²) in [7, 11) is 0. The first-order valence-electron chi connectivity index (χ1n) is 10.8. The Hall–Kier alpha value is -1.97. The maximum atomic E-state index is 11.7. The van der Waals surface area contributed by atoms with E-state index in [9.17, 15) is 4.79 Å². The van der Waals surface area contributed by atoms with E-state index in [1.807, 2.05) is 32.0 Å². The molecule has 0 aliphatic rings. The van der Waals surface area contributed by atoms with Gasteiger partial charge in [-0.05, 0) is 50.5 Å². The predicted molar refractivity (Wildman–Crippen MR) is 116 cm³/mol. The van der Waals surface area contributed by atoms with E-state index in [0.29, 0.717) is 13.2 Å². The molecule has 0 unspecified atom stereocenters. The number of unbranched alkanes of at least 4 members (excludes halogenated alkanes) is 6. The zero-order chi connectivity index (χ0) is 20.6. The summed E-state index contributed by atoms with van der Waals surface area (Å²) in [6, 6.07) is 5.79. The fraction of sp³-hybridized carbons (Fsp3) is 0.625. The standard InChI is InChI=1S/C24H38O4/c1-5-7-9-11-17-26-22-15-13-21(14-16-24(25)28-20(3)4)19-23(22)27-18-12-10-8-6-2/h13-16,19-20H,5-12,17-18H2,1-4H3. The zero-order valence-corrected chi connectivity index (χ0v) is 18.2. The summed E-state index contributed by atoms with van der Waals surface area (Å²) in [5.74, 6) is 1.17. The summed E-state index contributed by atoms with van der Waals surface area (Å²) < 4.78 is 17.1. The first-order chi connectivity index (χ1) is 13.6. The second kappa shape index (κ2) is 15.0. The van der Waals surface area contributed by atoms with Gasteiger partial charge in [0.05, 0.1) is 19.3 Å². The van der Waals surface area contributed by atoms with E-state index in [-0.39, 0.29) is 12.1 Å². The van der Waals surface area contributed by atoms with Gasteiger partial charge in [-0.2, -0.15) is 0 Å². The van der Waals surface area contributed by atoms with Crippen LogP contribution in [0.15, 0.2) is 24.3 Å². The molecular weight excluding hydrogens is 352 g/mol. The van der Waals surface area contributed by atoms with E-state index in [2.05, 4.69) is 13.8 Å². The fourth-order valence-corrected chi connectivity index (χ4v) is 2.72. The van der Waals surface area contributed by atoms with Gasteiger partial charge in [0.2, 0.25) is 0 Å². The van der Waals surface area contributed by atoms with Crippen LogP contribution < -0.4 is 9.47 Å². The lowest BCUT2D eigenvalue weighted by Gasteiger charge is -2.14. The number of rotatable bonds is 15. The topological polar surface area (TPSA) is 44.8 Å². The first kappa shape index (κ1) is 24.1. The lowest BCUT2D eigenvalue weighted by Crippen LogP contribution is -2.08. The molecule has 0 radical (unpaired) electrons. The fourth-order valence-electron chi connectivity index (χ4n) is 2.72. The molecule has 0 bridgehead atoms. The van der Waals surface area contributed by atoms with Crippen molar-refractivity contribution in [2.75, 3.05) is 13.2 Å². The highest BCUT2D eigenvalue weighted by Crippen LogP contribution is 2.29. The van der Waals surface area contributed by atoms with Crippen molar-refractivity contribution >= 4 is 12.0 Å². The summed E-state index contributed by atoms with van der Waals surface area (Å²) in [6.07, 6.45) is 12.4. The first-order valence-corrected chi connectivity index (χ1v) is 10.8. The van der Waals surface area contributed by atoms with Crippen molar-refractivity contribution in [3.63, 3.8) is 0 Å². The molecule has 1 aromatic rings. The molecule has 0 aromatic heterocycles. The highest BCUT2D eigenvalue weighted by atomic mass is 16.5. The van der Waals surface area contributed by atoms with E-state index in [1.54, 1.807) is 6.08 Å². The molecule has 0 saturated carbocycles. The highest BCUT2D eigenvalue weighted by Gasteiger charge is 2.07. The molecule has 4 heteroatoms. The third-order valence-electron chi connectivity index (χ3n) is 4.24. The Balaban J connectivity index is 2.71. The van der Waals surface area contributed by atoms with Gasteiger partial charge in [0, 0.05) is 6.08 Å². The van der Waals surface area contributed by atoms with Gasteiger partial charge in [0.15, 0.2) is 11.5 Å². The molecule has 0 heterocycles. The second-order valence-electron chi connectivity index (χ2n) is 7.34. The maximum absolute atomic E-state index is 11.7. The molecule has 0 saturated heterocycles. The third-order valence-corrected chi connectivity index (χ3v) is 4.24. The van der Waals surface area contributed by atoms with Crippen molar-refractivity contribution in [3.05, 3.63) is 29.8 Å². The van der Waals surface area contributed by atoms with E-state index >= 15 is 0 Å². The molecule has 0 aliphatic heterocycles. The predicted octanol–water partition coefficient (Wildman–Crippen LogP) is 6.57. The van der Waals surface area contributed by atoms with Crippen LogP contribution in [0.1, 0.15) is 84.6 Å². The molecule has 0 spiro atoms. The Labute approximate surface area is 171 Å². The minimum atomic E-state index is -0.340. The number of esters is 1. The average molecular weight is 391 g/mol. The number of hydrogen-bond donors (Lipinski definition) is 0. The Morgan fingerprint density at radius 3 is 2.07 bits per heavy atom. The Morgan fingerprint density at radius 1 is 0.893 bits per heavy atom. The van der Waals surface area contributed by atoms with Crippen molar-refractivity contribution in [1.82, 2.24) is 0 Å². The third kappa shape index (κ3) is 11.0. The molecule has 0 atom stereocenters. The van der Waals surface area contributed by atoms with Gasteiger partial charge in [-0.3, -0.25) is 0 Å². The summed E-state index contributed by atoms with van der Waals surface area (Å²) in [5.41, 5.74) is 0.891. The van der Waals surface area contributed by atoms with Crippen molar-refractivity contribution in [2.45, 2.75) is 85.2 Å². The van der Waals surface area contributed by atoms with Gasteiger partial charge in [0.25, 0.3) is 0 Å². The van der Waals surface area contributed by atoms with Crippen molar-refractivity contribution in [3.8, 4) is 11.5 Å². The smallest absolute Gasteiger partial charge is 0.331 e. The molecule has 28 heavy (non-hydrogen) atoms. The number of carbonyl (C=O) groups is 1. The summed E-state index contributed by atoms with van der Waals surface area (Å²) in [5, 5.41) is 0. The van der Waals surface area contributed by atoms with Gasteiger partial charge in [-0.25, -0.2) is 4.79 Å². The Bertz CT molecular complexity index is 578. The lowest BCUT2D eigenvalue weighted by atomic mass is 10.1. The van der Waals surface area contributed by atoms with Crippen molar-refractivity contribution < 1.29 is 19.0 Å². The molecule has 0 amide bonds. The van der Waals surface area contributed by atoms with Crippen LogP contribution in [0.5, 0.6) is 11.5 Å².